The number of aliphatic hydroxyl groups excluding tert-OH is 1. The largest absolute Gasteiger partial charge is 0.493 e. The molecule has 2 unspecified atom stereocenters. The van der Waals surface area contributed by atoms with Crippen LogP contribution in [-0.2, 0) is 14.3 Å². The molecule has 34 heavy (non-hydrogen) atoms. The van der Waals surface area contributed by atoms with Gasteiger partial charge in [0.25, 0.3) is 5.69 Å². The molecule has 2 aromatic carbocycles. The molecule has 1 aliphatic heterocycles. The molecule has 9 heteroatoms. The van der Waals surface area contributed by atoms with Crippen molar-refractivity contribution in [2.75, 3.05) is 39.5 Å². The Balaban J connectivity index is 1.48. The summed E-state index contributed by atoms with van der Waals surface area (Å²) in [4.78, 5) is 25.4. The van der Waals surface area contributed by atoms with E-state index in [1.165, 1.54) is 18.2 Å². The second-order valence-electron chi connectivity index (χ2n) is 8.30. The third-order valence-electron chi connectivity index (χ3n) is 5.78. The number of likely N-dealkylation sites (tertiary alicyclic amines) is 1. The Morgan fingerprint density at radius 1 is 1.15 bits per heavy atom. The molecule has 1 fully saturated rings. The van der Waals surface area contributed by atoms with E-state index in [4.69, 9.17) is 14.2 Å². The first-order valence-electron chi connectivity index (χ1n) is 11.6. The minimum atomic E-state index is -1.28. The highest BCUT2D eigenvalue weighted by Crippen LogP contribution is 2.29. The van der Waals surface area contributed by atoms with E-state index in [1.54, 1.807) is 13.0 Å². The van der Waals surface area contributed by atoms with E-state index >= 15 is 0 Å². The number of hydrogen-bond acceptors (Lipinski definition) is 8. The number of carbonyl (C=O) groups is 1. The van der Waals surface area contributed by atoms with Crippen molar-refractivity contribution in [1.82, 2.24) is 4.90 Å². The zero-order valence-electron chi connectivity index (χ0n) is 19.4. The lowest BCUT2D eigenvalue weighted by atomic mass is 9.97. The lowest BCUT2D eigenvalue weighted by molar-refractivity contribution is -0.386. The Morgan fingerprint density at radius 2 is 1.82 bits per heavy atom. The Bertz CT molecular complexity index is 916. The topological polar surface area (TPSA) is 111 Å². The highest BCUT2D eigenvalue weighted by atomic mass is 16.6. The van der Waals surface area contributed by atoms with E-state index in [1.807, 2.05) is 30.3 Å². The highest BCUT2D eigenvalue weighted by molar-refractivity contribution is 5.78. The van der Waals surface area contributed by atoms with Crippen molar-refractivity contribution in [3.05, 3.63) is 70.3 Å². The van der Waals surface area contributed by atoms with Crippen LogP contribution in [0.2, 0.25) is 0 Å². The summed E-state index contributed by atoms with van der Waals surface area (Å²) in [7, 11) is 0. The predicted octanol–water partition coefficient (Wildman–Crippen LogP) is 3.37. The Hall–Kier alpha value is -3.01. The van der Waals surface area contributed by atoms with Gasteiger partial charge in [-0.2, -0.15) is 0 Å². The fraction of sp³-hybridized carbons (Fsp3) is 0.480. The molecule has 0 aromatic heterocycles. The van der Waals surface area contributed by atoms with Crippen LogP contribution in [0.3, 0.4) is 0 Å². The number of piperidine rings is 1. The molecule has 1 N–H and O–H groups in total. The molecule has 184 valence electrons. The van der Waals surface area contributed by atoms with Crippen LogP contribution in [0.4, 0.5) is 5.69 Å². The average molecular weight is 473 g/mol. The van der Waals surface area contributed by atoms with Gasteiger partial charge in [0.15, 0.2) is 6.10 Å². The summed E-state index contributed by atoms with van der Waals surface area (Å²) in [5.41, 5.74) is -0.118. The van der Waals surface area contributed by atoms with Crippen molar-refractivity contribution < 1.29 is 29.0 Å². The van der Waals surface area contributed by atoms with Gasteiger partial charge in [-0.25, -0.2) is 4.79 Å². The van der Waals surface area contributed by atoms with Crippen molar-refractivity contribution in [2.24, 2.45) is 5.92 Å². The van der Waals surface area contributed by atoms with Crippen molar-refractivity contribution in [3.8, 4) is 5.75 Å². The van der Waals surface area contributed by atoms with Crippen molar-refractivity contribution >= 4 is 11.7 Å². The van der Waals surface area contributed by atoms with Gasteiger partial charge in [0.1, 0.15) is 5.75 Å². The van der Waals surface area contributed by atoms with Crippen LogP contribution in [0.1, 0.15) is 31.4 Å². The van der Waals surface area contributed by atoms with Gasteiger partial charge in [0.05, 0.1) is 36.4 Å². The molecule has 0 radical (unpaired) electrons. The van der Waals surface area contributed by atoms with Crippen molar-refractivity contribution in [1.29, 1.82) is 0 Å². The minimum Gasteiger partial charge on any atom is -0.493 e. The lowest BCUT2D eigenvalue weighted by Crippen LogP contribution is -2.41. The molecular weight excluding hydrogens is 440 g/mol. The monoisotopic (exact) mass is 472 g/mol. The van der Waals surface area contributed by atoms with Gasteiger partial charge in [-0.05, 0) is 57.0 Å². The van der Waals surface area contributed by atoms with Crippen LogP contribution in [0, 0.1) is 16.0 Å². The second kappa shape index (κ2) is 13.0. The van der Waals surface area contributed by atoms with Crippen LogP contribution in [0.25, 0.3) is 0 Å². The first kappa shape index (κ1) is 25.6. The minimum absolute atomic E-state index is 0.109. The van der Waals surface area contributed by atoms with Crippen LogP contribution >= 0.6 is 0 Å². The molecule has 9 nitrogen and oxygen atoms in total. The number of nitro groups is 1. The molecule has 0 amide bonds. The Morgan fingerprint density at radius 3 is 2.50 bits per heavy atom. The number of aliphatic hydroxyl groups is 1. The second-order valence-corrected chi connectivity index (χ2v) is 8.30. The number of hydrogen-bond donors (Lipinski definition) is 1. The van der Waals surface area contributed by atoms with Crippen LogP contribution in [0.15, 0.2) is 54.6 Å². The molecule has 0 spiro atoms. The molecule has 2 aromatic rings. The normalized spacial score (nSPS) is 16.5. The van der Waals surface area contributed by atoms with E-state index in [0.29, 0.717) is 19.1 Å². The molecular formula is C25H32N2O7. The van der Waals surface area contributed by atoms with Crippen LogP contribution in [-0.4, -0.2) is 66.5 Å². The quantitative estimate of drug-likeness (QED) is 0.284. The number of benzene rings is 2. The molecule has 0 aliphatic carbocycles. The Labute approximate surface area is 199 Å². The lowest BCUT2D eigenvalue weighted by Gasteiger charge is -2.33. The van der Waals surface area contributed by atoms with Gasteiger partial charge in [-0.1, -0.05) is 30.3 Å². The van der Waals surface area contributed by atoms with Crippen LogP contribution in [0.5, 0.6) is 5.75 Å². The van der Waals surface area contributed by atoms with E-state index in [2.05, 4.69) is 4.90 Å². The number of carbonyl (C=O) groups excluding carboxylic acids is 1. The summed E-state index contributed by atoms with van der Waals surface area (Å²) in [5, 5.41) is 21.9. The summed E-state index contributed by atoms with van der Waals surface area (Å²) >= 11 is 0. The zero-order chi connectivity index (χ0) is 24.3. The number of esters is 1. The third-order valence-corrected chi connectivity index (χ3v) is 5.78. The summed E-state index contributed by atoms with van der Waals surface area (Å²) in [5.74, 6) is 0.604. The highest BCUT2D eigenvalue weighted by Gasteiger charge is 2.31. The molecule has 1 saturated heterocycles. The molecule has 3 rings (SSSR count). The molecule has 1 heterocycles. The number of para-hydroxylation sites is 2. The third kappa shape index (κ3) is 7.51. The number of rotatable bonds is 12. The number of β-amino-alcohol motifs (C(OH)–C–C–N with tert-alkyl or cyclic N) is 1. The van der Waals surface area contributed by atoms with Gasteiger partial charge in [0, 0.05) is 12.6 Å². The predicted molar refractivity (Wildman–Crippen MR) is 126 cm³/mol. The van der Waals surface area contributed by atoms with Gasteiger partial charge >= 0.3 is 5.97 Å². The maximum atomic E-state index is 12.4. The fourth-order valence-corrected chi connectivity index (χ4v) is 4.00. The Kier molecular flexibility index (Phi) is 9.81. The van der Waals surface area contributed by atoms with Crippen molar-refractivity contribution in [2.45, 2.75) is 32.0 Å². The summed E-state index contributed by atoms with van der Waals surface area (Å²) in [6.07, 6.45) is -0.210. The fourth-order valence-electron chi connectivity index (χ4n) is 4.00. The number of nitrogens with zero attached hydrogens (tertiary/aromatic N) is 2. The number of nitro benzene ring substituents is 1. The molecule has 0 saturated carbocycles. The van der Waals surface area contributed by atoms with E-state index < -0.39 is 23.1 Å². The van der Waals surface area contributed by atoms with E-state index in [9.17, 15) is 20.0 Å². The van der Waals surface area contributed by atoms with E-state index in [-0.39, 0.29) is 24.5 Å². The molecule has 0 bridgehead atoms. The maximum absolute atomic E-state index is 12.4. The zero-order valence-corrected chi connectivity index (χ0v) is 19.4. The first-order valence-corrected chi connectivity index (χ1v) is 11.6. The summed E-state index contributed by atoms with van der Waals surface area (Å²) < 4.78 is 16.6. The average Bonchev–Trinajstić information content (AvgIpc) is 2.85. The first-order chi connectivity index (χ1) is 16.5. The van der Waals surface area contributed by atoms with Crippen LogP contribution < -0.4 is 4.74 Å². The molecule has 2 atom stereocenters. The SMILES string of the molecule is CCOC(=O)C(OCC(O)CN1CCC(COc2ccccc2)CC1)c1ccccc1[N+](=O)[O-]. The van der Waals surface area contributed by atoms with Gasteiger partial charge in [-0.15, -0.1) is 0 Å². The number of ether oxygens (including phenoxy) is 3. The molecule has 1 aliphatic rings. The van der Waals surface area contributed by atoms with E-state index in [0.717, 1.165) is 31.7 Å². The summed E-state index contributed by atoms with van der Waals surface area (Å²) in [6, 6.07) is 15.6. The van der Waals surface area contributed by atoms with Crippen molar-refractivity contribution in [3.63, 3.8) is 0 Å². The van der Waals surface area contributed by atoms with Gasteiger partial charge in [0.2, 0.25) is 0 Å². The van der Waals surface area contributed by atoms with Gasteiger partial charge in [-0.3, -0.25) is 10.1 Å². The standard InChI is InChI=1S/C25H32N2O7/c1-2-32-25(29)24(22-10-6-7-11-23(22)27(30)31)34-18-20(28)16-26-14-12-19(13-15-26)17-33-21-8-4-3-5-9-21/h3-11,19-20,24,28H,2,12-18H2,1H3. The van der Waals surface area contributed by atoms with Gasteiger partial charge < -0.3 is 24.2 Å². The summed E-state index contributed by atoms with van der Waals surface area (Å²) in [6.45, 7) is 4.32. The smallest absolute Gasteiger partial charge is 0.340 e. The maximum Gasteiger partial charge on any atom is 0.340 e.